The molecule has 212 valence electrons. The summed E-state index contributed by atoms with van der Waals surface area (Å²) in [6, 6.07) is 18.0. The van der Waals surface area contributed by atoms with Gasteiger partial charge >= 0.3 is 0 Å². The minimum absolute atomic E-state index is 0.199. The van der Waals surface area contributed by atoms with Crippen molar-refractivity contribution < 1.29 is 26.7 Å². The van der Waals surface area contributed by atoms with Crippen LogP contribution in [0.4, 0.5) is 14.5 Å². The molecular formula is C30H33F2N3O4S. The van der Waals surface area contributed by atoms with Crippen LogP contribution >= 0.6 is 0 Å². The molecule has 7 nitrogen and oxygen atoms in total. The zero-order valence-corrected chi connectivity index (χ0v) is 23.2. The highest BCUT2D eigenvalue weighted by atomic mass is 32.2. The summed E-state index contributed by atoms with van der Waals surface area (Å²) < 4.78 is 62.0. The predicted octanol–water partition coefficient (Wildman–Crippen LogP) is 4.58. The van der Waals surface area contributed by atoms with Gasteiger partial charge in [0.05, 0.1) is 23.3 Å². The Morgan fingerprint density at radius 1 is 0.900 bits per heavy atom. The van der Waals surface area contributed by atoms with Crippen molar-refractivity contribution in [3.05, 3.63) is 89.5 Å². The second-order valence-corrected chi connectivity index (χ2v) is 12.2. The van der Waals surface area contributed by atoms with E-state index < -0.39 is 27.6 Å². The Balaban J connectivity index is 1.26. The molecule has 0 unspecified atom stereocenters. The lowest BCUT2D eigenvalue weighted by Gasteiger charge is -2.37. The fraction of sp³-hybridized carbons (Fsp3) is 0.367. The average molecular weight is 570 g/mol. The average Bonchev–Trinajstić information content (AvgIpc) is 2.98. The van der Waals surface area contributed by atoms with Crippen LogP contribution in [-0.2, 0) is 16.4 Å². The molecule has 0 spiro atoms. The summed E-state index contributed by atoms with van der Waals surface area (Å²) in [6.45, 7) is 2.24. The first-order valence-electron chi connectivity index (χ1n) is 13.5. The summed E-state index contributed by atoms with van der Waals surface area (Å²) in [6.07, 6.45) is 2.56. The topological polar surface area (TPSA) is 70.2 Å². The van der Waals surface area contributed by atoms with E-state index in [1.165, 1.54) is 17.6 Å². The number of benzene rings is 3. The van der Waals surface area contributed by atoms with Gasteiger partial charge in [-0.2, -0.15) is 4.31 Å². The molecule has 10 heteroatoms. The molecule has 0 N–H and O–H groups in total. The van der Waals surface area contributed by atoms with Gasteiger partial charge in [-0.3, -0.25) is 4.79 Å². The molecule has 2 fully saturated rings. The highest BCUT2D eigenvalue weighted by Gasteiger charge is 2.31. The minimum Gasteiger partial charge on any atom is -0.495 e. The van der Waals surface area contributed by atoms with Crippen LogP contribution in [0.1, 0.15) is 28.8 Å². The largest absolute Gasteiger partial charge is 0.495 e. The van der Waals surface area contributed by atoms with E-state index in [1.807, 2.05) is 23.1 Å². The van der Waals surface area contributed by atoms with E-state index in [2.05, 4.69) is 12.1 Å². The number of amides is 1. The molecule has 5 rings (SSSR count). The quantitative estimate of drug-likeness (QED) is 0.417. The fourth-order valence-corrected chi connectivity index (χ4v) is 7.00. The van der Waals surface area contributed by atoms with Crippen LogP contribution in [0.25, 0.3) is 0 Å². The van der Waals surface area contributed by atoms with Crippen molar-refractivity contribution in [2.45, 2.75) is 24.2 Å². The van der Waals surface area contributed by atoms with Crippen LogP contribution in [0.2, 0.25) is 0 Å². The molecule has 2 aliphatic heterocycles. The number of hydrogen-bond acceptors (Lipinski definition) is 5. The minimum atomic E-state index is -3.70. The molecule has 3 aromatic rings. The number of anilines is 1. The van der Waals surface area contributed by atoms with E-state index in [-0.39, 0.29) is 23.5 Å². The van der Waals surface area contributed by atoms with E-state index in [0.29, 0.717) is 43.5 Å². The van der Waals surface area contributed by atoms with Gasteiger partial charge in [0.1, 0.15) is 17.4 Å². The first-order chi connectivity index (χ1) is 19.3. The number of methoxy groups -OCH3 is 1. The lowest BCUT2D eigenvalue weighted by Crippen LogP contribution is -2.49. The zero-order valence-electron chi connectivity index (χ0n) is 22.4. The Bertz CT molecular complexity index is 1450. The van der Waals surface area contributed by atoms with Crippen LogP contribution in [0.5, 0.6) is 5.75 Å². The molecule has 40 heavy (non-hydrogen) atoms. The monoisotopic (exact) mass is 569 g/mol. The van der Waals surface area contributed by atoms with E-state index in [4.69, 9.17) is 4.74 Å². The second kappa shape index (κ2) is 11.9. The molecular weight excluding hydrogens is 536 g/mol. The molecule has 3 aromatic carbocycles. The summed E-state index contributed by atoms with van der Waals surface area (Å²) in [4.78, 5) is 16.4. The molecule has 2 aliphatic rings. The number of carbonyl (C=O) groups excluding carboxylic acids is 1. The Hall–Kier alpha value is -3.50. The smallest absolute Gasteiger partial charge is 0.257 e. The second-order valence-electron chi connectivity index (χ2n) is 10.3. The number of ether oxygens (including phenoxy) is 1. The van der Waals surface area contributed by atoms with Crippen LogP contribution in [0.15, 0.2) is 71.6 Å². The third-order valence-corrected chi connectivity index (χ3v) is 9.69. The Labute approximate surface area is 234 Å². The maximum Gasteiger partial charge on any atom is 0.257 e. The van der Waals surface area contributed by atoms with Crippen molar-refractivity contribution in [3.63, 3.8) is 0 Å². The normalized spacial score (nSPS) is 17.2. The van der Waals surface area contributed by atoms with E-state index in [9.17, 15) is 22.0 Å². The summed E-state index contributed by atoms with van der Waals surface area (Å²) in [5.41, 5.74) is 1.59. The van der Waals surface area contributed by atoms with Gasteiger partial charge in [-0.05, 0) is 67.1 Å². The number of hydrogen-bond donors (Lipinski definition) is 0. The van der Waals surface area contributed by atoms with Crippen molar-refractivity contribution in [3.8, 4) is 5.75 Å². The number of piperazine rings is 1. The van der Waals surface area contributed by atoms with Gasteiger partial charge in [0, 0.05) is 39.3 Å². The number of carbonyl (C=O) groups is 1. The lowest BCUT2D eigenvalue weighted by molar-refractivity contribution is 0.0741. The molecule has 0 aromatic heterocycles. The summed E-state index contributed by atoms with van der Waals surface area (Å²) in [5, 5.41) is 0. The maximum atomic E-state index is 14.1. The molecule has 2 saturated heterocycles. The Morgan fingerprint density at radius 2 is 1.60 bits per heavy atom. The summed E-state index contributed by atoms with van der Waals surface area (Å²) >= 11 is 0. The van der Waals surface area contributed by atoms with Crippen molar-refractivity contribution in [1.29, 1.82) is 0 Å². The first-order valence-corrected chi connectivity index (χ1v) is 14.9. The maximum absolute atomic E-state index is 14.1. The number of nitrogens with zero attached hydrogens (tertiary/aromatic N) is 3. The van der Waals surface area contributed by atoms with Gasteiger partial charge in [0.25, 0.3) is 5.91 Å². The first kappa shape index (κ1) is 28.0. The van der Waals surface area contributed by atoms with Gasteiger partial charge in [0.15, 0.2) is 0 Å². The van der Waals surface area contributed by atoms with Crippen molar-refractivity contribution in [2.24, 2.45) is 5.92 Å². The van der Waals surface area contributed by atoms with Gasteiger partial charge in [-0.1, -0.05) is 30.3 Å². The van der Waals surface area contributed by atoms with Crippen LogP contribution < -0.4 is 9.64 Å². The molecule has 0 radical (unpaired) electrons. The number of halogens is 2. The van der Waals surface area contributed by atoms with Crippen LogP contribution in [0, 0.1) is 17.6 Å². The van der Waals surface area contributed by atoms with Crippen molar-refractivity contribution >= 4 is 21.6 Å². The third kappa shape index (κ3) is 5.97. The molecule has 0 aliphatic carbocycles. The van der Waals surface area contributed by atoms with Gasteiger partial charge < -0.3 is 14.5 Å². The summed E-state index contributed by atoms with van der Waals surface area (Å²) in [7, 11) is -2.18. The van der Waals surface area contributed by atoms with E-state index in [1.54, 1.807) is 22.5 Å². The Kier molecular flexibility index (Phi) is 8.37. The Morgan fingerprint density at radius 3 is 2.27 bits per heavy atom. The predicted molar refractivity (Wildman–Crippen MR) is 149 cm³/mol. The number of sulfonamides is 1. The number of rotatable bonds is 7. The van der Waals surface area contributed by atoms with Crippen molar-refractivity contribution in [1.82, 2.24) is 9.21 Å². The highest BCUT2D eigenvalue weighted by Crippen LogP contribution is 2.34. The fourth-order valence-electron chi connectivity index (χ4n) is 5.51. The van der Waals surface area contributed by atoms with E-state index >= 15 is 0 Å². The number of piperidine rings is 1. The SMILES string of the molecule is COc1ccc(S(=O)(=O)N2CCC(Cc3ccccc3)CC2)cc1N1CCN(C(=O)c2cc(F)ccc2F)CC1. The van der Waals surface area contributed by atoms with E-state index in [0.717, 1.165) is 37.5 Å². The van der Waals surface area contributed by atoms with Gasteiger partial charge in [0.2, 0.25) is 10.0 Å². The lowest BCUT2D eigenvalue weighted by atomic mass is 9.91. The molecule has 2 heterocycles. The zero-order chi connectivity index (χ0) is 28.3. The molecule has 1 amide bonds. The van der Waals surface area contributed by atoms with Crippen LogP contribution in [0.3, 0.4) is 0 Å². The summed E-state index contributed by atoms with van der Waals surface area (Å²) in [5.74, 6) is -1.05. The third-order valence-electron chi connectivity index (χ3n) is 7.80. The highest BCUT2D eigenvalue weighted by molar-refractivity contribution is 7.89. The van der Waals surface area contributed by atoms with Gasteiger partial charge in [-0.15, -0.1) is 0 Å². The molecule has 0 atom stereocenters. The standard InChI is InChI=1S/C30H33F2N3O4S/c1-39-29-10-8-25(40(37,38)35-13-11-23(12-14-35)19-22-5-3-2-4-6-22)21-28(29)33-15-17-34(18-16-33)30(36)26-20-24(31)7-9-27(26)32/h2-10,20-21,23H,11-19H2,1H3. The molecule has 0 saturated carbocycles. The van der Waals surface area contributed by atoms with Crippen molar-refractivity contribution in [2.75, 3.05) is 51.3 Å². The molecule has 0 bridgehead atoms. The van der Waals surface area contributed by atoms with Gasteiger partial charge in [-0.25, -0.2) is 17.2 Å². The van der Waals surface area contributed by atoms with Crippen LogP contribution in [-0.4, -0.2) is 69.9 Å².